The van der Waals surface area contributed by atoms with Gasteiger partial charge in [0.15, 0.2) is 5.82 Å². The van der Waals surface area contributed by atoms with Gasteiger partial charge >= 0.3 is 0 Å². The van der Waals surface area contributed by atoms with Gasteiger partial charge in [0.25, 0.3) is 0 Å². The standard InChI is InChI=1S/C17H26N6O2/c24-15(12-23-8-1-5-18-23)11-21-6-2-7-22(10-9-21)13-16-19-17(25-20-16)14-3-4-14/h1,5,8,14-15,24H,2-4,6-7,9-13H2/t15-/m0/s1. The van der Waals surface area contributed by atoms with E-state index in [-0.39, 0.29) is 0 Å². The lowest BCUT2D eigenvalue weighted by Gasteiger charge is -2.23. The van der Waals surface area contributed by atoms with Crippen LogP contribution in [0.2, 0.25) is 0 Å². The monoisotopic (exact) mass is 346 g/mol. The van der Waals surface area contributed by atoms with Crippen LogP contribution < -0.4 is 0 Å². The summed E-state index contributed by atoms with van der Waals surface area (Å²) in [7, 11) is 0. The van der Waals surface area contributed by atoms with Crippen LogP contribution in [0.15, 0.2) is 23.0 Å². The third kappa shape index (κ3) is 4.65. The molecule has 4 rings (SSSR count). The second kappa shape index (κ2) is 7.63. The van der Waals surface area contributed by atoms with Crippen LogP contribution in [0, 0.1) is 0 Å². The molecule has 3 heterocycles. The van der Waals surface area contributed by atoms with E-state index in [0.717, 1.165) is 50.9 Å². The average Bonchev–Trinajstić information content (AvgIpc) is 3.20. The highest BCUT2D eigenvalue weighted by Crippen LogP contribution is 2.38. The fourth-order valence-electron chi connectivity index (χ4n) is 3.37. The summed E-state index contributed by atoms with van der Waals surface area (Å²) in [5, 5.41) is 18.6. The normalized spacial score (nSPS) is 21.3. The number of aliphatic hydroxyl groups is 1. The van der Waals surface area contributed by atoms with Gasteiger partial charge in [-0.1, -0.05) is 5.16 Å². The Bertz CT molecular complexity index is 654. The van der Waals surface area contributed by atoms with Crippen molar-refractivity contribution in [3.05, 3.63) is 30.2 Å². The van der Waals surface area contributed by atoms with Gasteiger partial charge in [-0.25, -0.2) is 0 Å². The molecule has 0 spiro atoms. The zero-order chi connectivity index (χ0) is 17.1. The second-order valence-corrected chi connectivity index (χ2v) is 7.14. The van der Waals surface area contributed by atoms with E-state index in [4.69, 9.17) is 4.52 Å². The molecule has 1 saturated carbocycles. The van der Waals surface area contributed by atoms with E-state index in [2.05, 4.69) is 25.0 Å². The third-order valence-corrected chi connectivity index (χ3v) is 4.88. The molecule has 0 amide bonds. The van der Waals surface area contributed by atoms with Crippen LogP contribution in [-0.4, -0.2) is 73.7 Å². The fraction of sp³-hybridized carbons (Fsp3) is 0.706. The van der Waals surface area contributed by atoms with Crippen molar-refractivity contribution >= 4 is 0 Å². The fourth-order valence-corrected chi connectivity index (χ4v) is 3.37. The summed E-state index contributed by atoms with van der Waals surface area (Å²) in [6.07, 6.45) is 6.67. The van der Waals surface area contributed by atoms with Gasteiger partial charge in [0.05, 0.1) is 19.2 Å². The minimum absolute atomic E-state index is 0.398. The van der Waals surface area contributed by atoms with Crippen LogP contribution in [0.3, 0.4) is 0 Å². The molecule has 0 radical (unpaired) electrons. The van der Waals surface area contributed by atoms with Crippen molar-refractivity contribution in [2.75, 3.05) is 32.7 Å². The van der Waals surface area contributed by atoms with Gasteiger partial charge in [-0.05, 0) is 38.4 Å². The van der Waals surface area contributed by atoms with Crippen molar-refractivity contribution in [2.24, 2.45) is 0 Å². The highest BCUT2D eigenvalue weighted by Gasteiger charge is 2.30. The van der Waals surface area contributed by atoms with Gasteiger partial charge in [-0.15, -0.1) is 0 Å². The van der Waals surface area contributed by atoms with Crippen LogP contribution in [-0.2, 0) is 13.1 Å². The van der Waals surface area contributed by atoms with Gasteiger partial charge < -0.3 is 9.63 Å². The molecule has 2 aromatic heterocycles. The highest BCUT2D eigenvalue weighted by molar-refractivity contribution is 5.01. The maximum absolute atomic E-state index is 10.3. The molecule has 8 nitrogen and oxygen atoms in total. The summed E-state index contributed by atoms with van der Waals surface area (Å²) in [4.78, 5) is 9.23. The first-order chi connectivity index (χ1) is 12.3. The number of hydrogen-bond donors (Lipinski definition) is 1. The molecular formula is C17H26N6O2. The van der Waals surface area contributed by atoms with E-state index in [9.17, 15) is 5.11 Å². The Morgan fingerprint density at radius 2 is 2.00 bits per heavy atom. The van der Waals surface area contributed by atoms with Crippen LogP contribution in [0.5, 0.6) is 0 Å². The first kappa shape index (κ1) is 16.7. The molecule has 1 N–H and O–H groups in total. The Balaban J connectivity index is 1.23. The highest BCUT2D eigenvalue weighted by atomic mass is 16.5. The zero-order valence-electron chi connectivity index (χ0n) is 14.5. The number of nitrogens with zero attached hydrogens (tertiary/aromatic N) is 6. The van der Waals surface area contributed by atoms with Crippen molar-refractivity contribution in [1.82, 2.24) is 29.7 Å². The Morgan fingerprint density at radius 3 is 2.80 bits per heavy atom. The molecular weight excluding hydrogens is 320 g/mol. The van der Waals surface area contributed by atoms with Crippen molar-refractivity contribution in [3.63, 3.8) is 0 Å². The summed E-state index contributed by atoms with van der Waals surface area (Å²) in [5.41, 5.74) is 0. The molecule has 1 atom stereocenters. The van der Waals surface area contributed by atoms with Gasteiger partial charge in [-0.2, -0.15) is 10.1 Å². The van der Waals surface area contributed by atoms with E-state index < -0.39 is 6.10 Å². The molecule has 8 heteroatoms. The average molecular weight is 346 g/mol. The quantitative estimate of drug-likeness (QED) is 0.790. The molecule has 25 heavy (non-hydrogen) atoms. The predicted molar refractivity (Wildman–Crippen MR) is 90.8 cm³/mol. The van der Waals surface area contributed by atoms with E-state index in [1.165, 1.54) is 12.8 Å². The van der Waals surface area contributed by atoms with Crippen LogP contribution in [0.1, 0.15) is 36.9 Å². The summed E-state index contributed by atoms with van der Waals surface area (Å²) in [5.74, 6) is 2.12. The molecule has 1 aliphatic carbocycles. The van der Waals surface area contributed by atoms with Gasteiger partial charge in [-0.3, -0.25) is 14.5 Å². The summed E-state index contributed by atoms with van der Waals surface area (Å²) in [6.45, 7) is 5.91. The van der Waals surface area contributed by atoms with Crippen molar-refractivity contribution in [3.8, 4) is 0 Å². The van der Waals surface area contributed by atoms with E-state index in [1.807, 2.05) is 12.3 Å². The Labute approximate surface area is 147 Å². The molecule has 2 aliphatic rings. The smallest absolute Gasteiger partial charge is 0.229 e. The molecule has 0 aromatic carbocycles. The zero-order valence-corrected chi connectivity index (χ0v) is 14.5. The Morgan fingerprint density at radius 1 is 1.16 bits per heavy atom. The van der Waals surface area contributed by atoms with E-state index >= 15 is 0 Å². The molecule has 2 fully saturated rings. The van der Waals surface area contributed by atoms with Gasteiger partial charge in [0.1, 0.15) is 0 Å². The molecule has 1 saturated heterocycles. The number of rotatable bonds is 7. The lowest BCUT2D eigenvalue weighted by Crippen LogP contribution is -2.37. The number of aromatic nitrogens is 4. The van der Waals surface area contributed by atoms with E-state index in [1.54, 1.807) is 10.9 Å². The second-order valence-electron chi connectivity index (χ2n) is 7.14. The van der Waals surface area contributed by atoms with Gasteiger partial charge in [0, 0.05) is 37.9 Å². The summed E-state index contributed by atoms with van der Waals surface area (Å²) in [6, 6.07) is 1.88. The first-order valence-corrected chi connectivity index (χ1v) is 9.19. The Hall–Kier alpha value is -1.77. The minimum atomic E-state index is -0.398. The number of aliphatic hydroxyl groups excluding tert-OH is 1. The molecule has 0 bridgehead atoms. The van der Waals surface area contributed by atoms with E-state index in [0.29, 0.717) is 19.0 Å². The topological polar surface area (TPSA) is 83.5 Å². The van der Waals surface area contributed by atoms with Crippen LogP contribution in [0.4, 0.5) is 0 Å². The Kier molecular flexibility index (Phi) is 5.09. The summed E-state index contributed by atoms with van der Waals surface area (Å²) < 4.78 is 7.13. The molecule has 2 aromatic rings. The predicted octanol–water partition coefficient (Wildman–Crippen LogP) is 0.712. The maximum atomic E-state index is 10.3. The van der Waals surface area contributed by atoms with Crippen molar-refractivity contribution in [2.45, 2.75) is 44.4 Å². The lowest BCUT2D eigenvalue weighted by atomic mass is 10.3. The largest absolute Gasteiger partial charge is 0.390 e. The molecule has 136 valence electrons. The van der Waals surface area contributed by atoms with Gasteiger partial charge in [0.2, 0.25) is 5.89 Å². The van der Waals surface area contributed by atoms with Crippen LogP contribution in [0.25, 0.3) is 0 Å². The lowest BCUT2D eigenvalue weighted by molar-refractivity contribution is 0.0961. The third-order valence-electron chi connectivity index (χ3n) is 4.88. The van der Waals surface area contributed by atoms with Crippen LogP contribution >= 0.6 is 0 Å². The molecule has 0 unspecified atom stereocenters. The maximum Gasteiger partial charge on any atom is 0.229 e. The summed E-state index contributed by atoms with van der Waals surface area (Å²) >= 11 is 0. The minimum Gasteiger partial charge on any atom is -0.390 e. The van der Waals surface area contributed by atoms with Crippen molar-refractivity contribution < 1.29 is 9.63 Å². The first-order valence-electron chi connectivity index (χ1n) is 9.19. The number of hydrogen-bond acceptors (Lipinski definition) is 7. The van der Waals surface area contributed by atoms with Crippen molar-refractivity contribution in [1.29, 1.82) is 0 Å². The number of β-amino-alcohol motifs (C(OH)–C–C–N with tert-alkyl or cyclic N) is 1. The molecule has 1 aliphatic heterocycles. The SMILES string of the molecule is O[C@@H](CN1CCCN(Cc2noc(C3CC3)n2)CC1)Cn1cccn1.